The monoisotopic (exact) mass is 1180 g/mol. The number of rotatable bonds is 16. The second-order valence-corrected chi connectivity index (χ2v) is 23.3. The van der Waals surface area contributed by atoms with Gasteiger partial charge in [0.2, 0.25) is 0 Å². The number of hydrogen-bond donors (Lipinski definition) is 0. The van der Waals surface area contributed by atoms with Crippen molar-refractivity contribution in [2.75, 3.05) is 13.1 Å². The van der Waals surface area contributed by atoms with E-state index in [0.717, 1.165) is 46.2 Å². The number of carbonyl (C=O) groups excluding carboxylic acids is 6. The van der Waals surface area contributed by atoms with Crippen LogP contribution in [0.3, 0.4) is 0 Å². The van der Waals surface area contributed by atoms with E-state index in [-0.39, 0.29) is 90.0 Å². The van der Waals surface area contributed by atoms with E-state index in [1.807, 2.05) is 24.3 Å². The molecule has 0 aliphatic carbocycles. The number of carbonyl (C=O) groups is 6. The van der Waals surface area contributed by atoms with Crippen LogP contribution in [0.15, 0.2) is 156 Å². The van der Waals surface area contributed by atoms with E-state index >= 15 is 19.2 Å². The molecule has 80 heavy (non-hydrogen) atoms. The zero-order valence-electron chi connectivity index (χ0n) is 42.2. The standard InChI is InChI=1S/C58H42N4O12S6/c1-3-61-49(63)47(79-55(61)75)59-43-27-39-45(77-43)37-25-42-38(26-41(37)73-57(39,51(65)69-29-33-17-9-5-10-18-33)52(66)70-30-34-19-11-6-12-20-34)46-40(28-44(78-46)60-48-50(64)62(4-2)56(76)80-48)58(74-42,53(67)71-31-35-21-13-7-14-22-35)54(68)72-32-36-23-15-8-16-24-36/h5-28H,3-4,29-32H2,1-2H3/b59-47+,60-48+. The average Bonchev–Trinajstić information content (AvgIpc) is 4.41. The van der Waals surface area contributed by atoms with Gasteiger partial charge in [-0.05, 0) is 83.9 Å². The van der Waals surface area contributed by atoms with Crippen LogP contribution < -0.4 is 9.47 Å². The van der Waals surface area contributed by atoms with E-state index < -0.39 is 46.9 Å². The van der Waals surface area contributed by atoms with Gasteiger partial charge in [-0.25, -0.2) is 29.2 Å². The Morgan fingerprint density at radius 1 is 0.487 bits per heavy atom. The molecule has 2 fully saturated rings. The number of thiocarbonyl (C=S) groups is 2. The highest BCUT2D eigenvalue weighted by molar-refractivity contribution is 8.35. The zero-order valence-corrected chi connectivity index (χ0v) is 47.1. The highest BCUT2D eigenvalue weighted by Gasteiger charge is 2.61. The van der Waals surface area contributed by atoms with Gasteiger partial charge in [0, 0.05) is 45.1 Å². The summed E-state index contributed by atoms with van der Waals surface area (Å²) in [7, 11) is 0. The van der Waals surface area contributed by atoms with Crippen molar-refractivity contribution in [3.63, 3.8) is 0 Å². The molecule has 4 aliphatic heterocycles. The molecule has 0 unspecified atom stereocenters. The van der Waals surface area contributed by atoms with Crippen molar-refractivity contribution in [2.45, 2.75) is 51.5 Å². The van der Waals surface area contributed by atoms with Crippen molar-refractivity contribution in [2.24, 2.45) is 9.98 Å². The molecule has 0 spiro atoms. The van der Waals surface area contributed by atoms with Crippen LogP contribution in [0.5, 0.6) is 11.5 Å². The minimum Gasteiger partial charge on any atom is -0.459 e. The van der Waals surface area contributed by atoms with Gasteiger partial charge < -0.3 is 28.4 Å². The summed E-state index contributed by atoms with van der Waals surface area (Å²) in [5.74, 6) is -5.49. The van der Waals surface area contributed by atoms with E-state index in [4.69, 9.17) is 62.8 Å². The summed E-state index contributed by atoms with van der Waals surface area (Å²) in [6.45, 7) is 3.10. The van der Waals surface area contributed by atoms with Gasteiger partial charge in [-0.15, -0.1) is 22.7 Å². The van der Waals surface area contributed by atoms with E-state index in [0.29, 0.717) is 44.0 Å². The van der Waals surface area contributed by atoms with Gasteiger partial charge in [0.1, 0.15) is 56.6 Å². The first-order chi connectivity index (χ1) is 38.8. The number of aliphatic imine (C=N–C) groups is 2. The van der Waals surface area contributed by atoms with Gasteiger partial charge in [0.25, 0.3) is 11.8 Å². The van der Waals surface area contributed by atoms with Crippen molar-refractivity contribution in [3.05, 3.63) is 179 Å². The minimum absolute atomic E-state index is 0.0462. The zero-order chi connectivity index (χ0) is 55.7. The van der Waals surface area contributed by atoms with Crippen LogP contribution in [-0.4, -0.2) is 77.3 Å². The van der Waals surface area contributed by atoms with Gasteiger partial charge in [-0.2, -0.15) is 0 Å². The minimum atomic E-state index is -2.67. The predicted molar refractivity (Wildman–Crippen MR) is 312 cm³/mol. The molecule has 6 heterocycles. The Morgan fingerprint density at radius 2 is 0.787 bits per heavy atom. The third-order valence-corrected chi connectivity index (χ3v) is 17.8. The average molecular weight is 1180 g/mol. The summed E-state index contributed by atoms with van der Waals surface area (Å²) in [6, 6.07) is 41.4. The molecule has 5 aromatic carbocycles. The van der Waals surface area contributed by atoms with Gasteiger partial charge in [-0.3, -0.25) is 19.4 Å². The van der Waals surface area contributed by atoms with Crippen molar-refractivity contribution >= 4 is 135 Å². The Bertz CT molecular complexity index is 3380. The first kappa shape index (κ1) is 54.1. The lowest BCUT2D eigenvalue weighted by molar-refractivity contribution is -0.185. The lowest BCUT2D eigenvalue weighted by Gasteiger charge is -2.37. The highest BCUT2D eigenvalue weighted by Crippen LogP contribution is 2.59. The van der Waals surface area contributed by atoms with Gasteiger partial charge in [0.05, 0.1) is 0 Å². The molecule has 0 N–H and O–H groups in total. The van der Waals surface area contributed by atoms with Crippen molar-refractivity contribution in [1.82, 2.24) is 9.80 Å². The Morgan fingerprint density at radius 3 is 1.06 bits per heavy atom. The summed E-state index contributed by atoms with van der Waals surface area (Å²) >= 11 is 15.0. The Kier molecular flexibility index (Phi) is 15.4. The molecule has 7 aromatic rings. The lowest BCUT2D eigenvalue weighted by atomic mass is 9.85. The van der Waals surface area contributed by atoms with Crippen LogP contribution in [0.1, 0.15) is 47.2 Å². The third-order valence-electron chi connectivity index (χ3n) is 13.0. The molecule has 0 atom stereocenters. The molecule has 16 nitrogen and oxygen atoms in total. The van der Waals surface area contributed by atoms with E-state index in [1.165, 1.54) is 34.1 Å². The number of esters is 4. The van der Waals surface area contributed by atoms with Crippen LogP contribution in [0.2, 0.25) is 0 Å². The molecule has 11 rings (SSSR count). The molecule has 2 amide bonds. The van der Waals surface area contributed by atoms with Crippen LogP contribution in [0.4, 0.5) is 10.0 Å². The molecule has 0 bridgehead atoms. The molecule has 0 saturated carbocycles. The Balaban J connectivity index is 1.11. The number of benzene rings is 5. The molecule has 2 saturated heterocycles. The molecular weight excluding hydrogens is 1140 g/mol. The van der Waals surface area contributed by atoms with Crippen molar-refractivity contribution < 1.29 is 57.2 Å². The first-order valence-electron chi connectivity index (χ1n) is 24.8. The summed E-state index contributed by atoms with van der Waals surface area (Å²) in [4.78, 5) is 101. The van der Waals surface area contributed by atoms with E-state index in [9.17, 15) is 9.59 Å². The second-order valence-electron chi connectivity index (χ2n) is 18.0. The number of nitrogens with zero attached hydrogens (tertiary/aromatic N) is 4. The van der Waals surface area contributed by atoms with Crippen LogP contribution in [-0.2, 0) is 85.3 Å². The molecular formula is C58H42N4O12S6. The van der Waals surface area contributed by atoms with Gasteiger partial charge in [-0.1, -0.05) is 146 Å². The predicted octanol–water partition coefficient (Wildman–Crippen LogP) is 11.1. The fourth-order valence-corrected chi connectivity index (χ4v) is 13.9. The SMILES string of the molecule is CCN1C(=O)/C(=N\c2cc3c(s2)-c2cc4c(cc2OC3(C(=O)OCc2ccccc2)C(=O)OCc2ccccc2)-c2sc(/N=C3/SC(=S)N(CC)C3=O)cc2C(C(=O)OCc2ccccc2)(C(=O)OCc2ccccc2)O4)SC1=S. The maximum Gasteiger partial charge on any atom is 0.367 e. The maximum absolute atomic E-state index is 15.2. The first-order valence-corrected chi connectivity index (χ1v) is 28.8. The van der Waals surface area contributed by atoms with Crippen LogP contribution >= 0.6 is 70.6 Å². The van der Waals surface area contributed by atoms with Crippen LogP contribution in [0, 0.1) is 0 Å². The van der Waals surface area contributed by atoms with Gasteiger partial charge >= 0.3 is 35.1 Å². The quantitative estimate of drug-likeness (QED) is 0.0384. The molecule has 402 valence electrons. The Hall–Kier alpha value is -7.86. The summed E-state index contributed by atoms with van der Waals surface area (Å²) in [5, 5.41) is 0.443. The number of hydrogen-bond acceptors (Lipinski definition) is 20. The Labute approximate surface area is 484 Å². The normalized spacial score (nSPS) is 16.5. The second kappa shape index (κ2) is 22.7. The number of thiophene rings is 2. The number of amides is 2. The smallest absolute Gasteiger partial charge is 0.367 e. The highest BCUT2D eigenvalue weighted by atomic mass is 32.2. The summed E-state index contributed by atoms with van der Waals surface area (Å²) in [5.41, 5.74) is -2.55. The molecule has 22 heteroatoms. The van der Waals surface area contributed by atoms with E-state index in [2.05, 4.69) is 0 Å². The molecule has 4 aliphatic rings. The lowest BCUT2D eigenvalue weighted by Crippen LogP contribution is -2.52. The van der Waals surface area contributed by atoms with Crippen LogP contribution in [0.25, 0.3) is 20.9 Å². The van der Waals surface area contributed by atoms with Gasteiger partial charge in [0.15, 0.2) is 10.1 Å². The van der Waals surface area contributed by atoms with Crippen molar-refractivity contribution in [1.29, 1.82) is 0 Å². The molecule has 0 radical (unpaired) electrons. The number of ether oxygens (including phenoxy) is 6. The third kappa shape index (κ3) is 10.1. The topological polar surface area (TPSA) is 189 Å². The maximum atomic E-state index is 15.2. The van der Waals surface area contributed by atoms with E-state index in [1.54, 1.807) is 111 Å². The summed E-state index contributed by atoms with van der Waals surface area (Å²) in [6.07, 6.45) is 0. The van der Waals surface area contributed by atoms with Crippen molar-refractivity contribution in [3.8, 4) is 32.4 Å². The number of thioether (sulfide) groups is 2. The fraction of sp³-hybridized carbons (Fsp3) is 0.172. The largest absolute Gasteiger partial charge is 0.459 e. The number of fused-ring (bicyclic) bond motifs is 6. The molecule has 2 aromatic heterocycles. The fourth-order valence-electron chi connectivity index (χ4n) is 9.03. The summed E-state index contributed by atoms with van der Waals surface area (Å²) < 4.78 is 38.4.